The molecule has 3 nitrogen and oxygen atoms in total. The summed E-state index contributed by atoms with van der Waals surface area (Å²) in [5.41, 5.74) is 0. The van der Waals surface area contributed by atoms with Crippen molar-refractivity contribution in [2.24, 2.45) is 4.99 Å². The first-order valence-corrected chi connectivity index (χ1v) is 6.91. The van der Waals surface area contributed by atoms with Crippen molar-refractivity contribution >= 4 is 5.96 Å². The Balaban J connectivity index is 2.13. The molecule has 0 aromatic rings. The number of nitrogens with one attached hydrogen (secondary N) is 1. The summed E-state index contributed by atoms with van der Waals surface area (Å²) in [5.74, 6) is 1.15. The van der Waals surface area contributed by atoms with Crippen LogP contribution < -0.4 is 5.32 Å². The molecule has 1 aliphatic heterocycles. The van der Waals surface area contributed by atoms with Gasteiger partial charge >= 0.3 is 0 Å². The largest absolute Gasteiger partial charge is 0.356 e. The topological polar surface area (TPSA) is 27.6 Å². The second-order valence-electron chi connectivity index (χ2n) is 4.53. The third-order valence-corrected chi connectivity index (χ3v) is 3.03. The third-order valence-electron chi connectivity index (χ3n) is 3.03. The highest BCUT2D eigenvalue weighted by Crippen LogP contribution is 2.04. The standard InChI is InChI=1S/C13H27N3/c1-3-5-7-9-14-13-15-10-12-16(13)11-8-6-4-2/h3-12H2,1-2H3,(H,14,15). The van der Waals surface area contributed by atoms with E-state index in [0.717, 1.165) is 25.6 Å². The molecule has 0 aliphatic carbocycles. The average molecular weight is 225 g/mol. The van der Waals surface area contributed by atoms with E-state index in [2.05, 4.69) is 29.1 Å². The fraction of sp³-hybridized carbons (Fsp3) is 0.923. The molecule has 0 spiro atoms. The Morgan fingerprint density at radius 2 is 1.88 bits per heavy atom. The number of nitrogens with zero attached hydrogens (tertiary/aromatic N) is 2. The molecule has 0 atom stereocenters. The first-order chi connectivity index (χ1) is 7.88. The van der Waals surface area contributed by atoms with E-state index in [-0.39, 0.29) is 0 Å². The van der Waals surface area contributed by atoms with Crippen molar-refractivity contribution in [1.29, 1.82) is 0 Å². The molecule has 0 bridgehead atoms. The van der Waals surface area contributed by atoms with Gasteiger partial charge in [0.1, 0.15) is 0 Å². The van der Waals surface area contributed by atoms with Gasteiger partial charge in [-0.2, -0.15) is 0 Å². The molecule has 0 saturated carbocycles. The zero-order valence-corrected chi connectivity index (χ0v) is 11.0. The van der Waals surface area contributed by atoms with Gasteiger partial charge in [-0.25, -0.2) is 0 Å². The molecule has 3 heteroatoms. The highest BCUT2D eigenvalue weighted by atomic mass is 15.3. The molecule has 1 N–H and O–H groups in total. The Morgan fingerprint density at radius 3 is 2.62 bits per heavy atom. The Morgan fingerprint density at radius 1 is 1.12 bits per heavy atom. The second kappa shape index (κ2) is 8.43. The molecule has 0 aromatic heterocycles. The van der Waals surface area contributed by atoms with Gasteiger partial charge in [0.05, 0.1) is 6.54 Å². The summed E-state index contributed by atoms with van der Waals surface area (Å²) in [5, 5.41) is 3.47. The number of guanidine groups is 1. The number of hydrogen-bond acceptors (Lipinski definition) is 3. The van der Waals surface area contributed by atoms with Gasteiger partial charge in [0, 0.05) is 19.6 Å². The highest BCUT2D eigenvalue weighted by molar-refractivity contribution is 5.81. The molecule has 0 saturated heterocycles. The van der Waals surface area contributed by atoms with Gasteiger partial charge in [-0.15, -0.1) is 0 Å². The fourth-order valence-electron chi connectivity index (χ4n) is 2.00. The molecular formula is C13H27N3. The van der Waals surface area contributed by atoms with Gasteiger partial charge in [0.25, 0.3) is 0 Å². The molecular weight excluding hydrogens is 198 g/mol. The monoisotopic (exact) mass is 225 g/mol. The van der Waals surface area contributed by atoms with Crippen LogP contribution in [0.4, 0.5) is 0 Å². The van der Waals surface area contributed by atoms with Crippen LogP contribution in [0.2, 0.25) is 0 Å². The zero-order valence-electron chi connectivity index (χ0n) is 11.0. The molecule has 16 heavy (non-hydrogen) atoms. The van der Waals surface area contributed by atoms with Gasteiger partial charge in [-0.3, -0.25) is 4.99 Å². The van der Waals surface area contributed by atoms with Gasteiger partial charge in [0.2, 0.25) is 0 Å². The van der Waals surface area contributed by atoms with Crippen molar-refractivity contribution in [3.05, 3.63) is 0 Å². The summed E-state index contributed by atoms with van der Waals surface area (Å²) in [6.45, 7) is 8.83. The van der Waals surface area contributed by atoms with Crippen LogP contribution in [0.3, 0.4) is 0 Å². The van der Waals surface area contributed by atoms with Crippen molar-refractivity contribution in [2.45, 2.75) is 52.4 Å². The SMILES string of the molecule is CCCCCNC1=NCCN1CCCCC. The summed E-state index contributed by atoms with van der Waals surface area (Å²) >= 11 is 0. The van der Waals surface area contributed by atoms with Crippen LogP contribution in [-0.4, -0.2) is 37.0 Å². The number of aliphatic imine (C=N–C) groups is 1. The minimum atomic E-state index is 0.974. The Hall–Kier alpha value is -0.730. The molecule has 0 radical (unpaired) electrons. The van der Waals surface area contributed by atoms with Crippen molar-refractivity contribution in [3.63, 3.8) is 0 Å². The van der Waals surface area contributed by atoms with E-state index >= 15 is 0 Å². The Kier molecular flexibility index (Phi) is 7.02. The van der Waals surface area contributed by atoms with Crippen LogP contribution in [0.25, 0.3) is 0 Å². The predicted octanol–water partition coefficient (Wildman–Crippen LogP) is 2.63. The van der Waals surface area contributed by atoms with Crippen LogP contribution in [0.5, 0.6) is 0 Å². The zero-order chi connectivity index (χ0) is 11.6. The second-order valence-corrected chi connectivity index (χ2v) is 4.53. The van der Waals surface area contributed by atoms with E-state index in [9.17, 15) is 0 Å². The van der Waals surface area contributed by atoms with Crippen molar-refractivity contribution in [1.82, 2.24) is 10.2 Å². The fourth-order valence-corrected chi connectivity index (χ4v) is 2.00. The molecule has 0 amide bonds. The summed E-state index contributed by atoms with van der Waals surface area (Å²) in [6, 6.07) is 0. The maximum Gasteiger partial charge on any atom is 0.194 e. The van der Waals surface area contributed by atoms with E-state index in [1.54, 1.807) is 0 Å². The van der Waals surface area contributed by atoms with Crippen LogP contribution in [-0.2, 0) is 0 Å². The lowest BCUT2D eigenvalue weighted by atomic mass is 10.2. The van der Waals surface area contributed by atoms with E-state index in [0.29, 0.717) is 0 Å². The van der Waals surface area contributed by atoms with Crippen molar-refractivity contribution in [3.8, 4) is 0 Å². The van der Waals surface area contributed by atoms with Crippen LogP contribution in [0.15, 0.2) is 4.99 Å². The lowest BCUT2D eigenvalue weighted by Gasteiger charge is -2.20. The maximum atomic E-state index is 4.52. The maximum absolute atomic E-state index is 4.52. The van der Waals surface area contributed by atoms with Crippen LogP contribution in [0, 0.1) is 0 Å². The lowest BCUT2D eigenvalue weighted by molar-refractivity contribution is 0.423. The Bertz CT molecular complexity index is 201. The first-order valence-electron chi connectivity index (χ1n) is 6.91. The Labute approximate surface area is 100 Å². The molecule has 0 aromatic carbocycles. The molecule has 1 heterocycles. The summed E-state index contributed by atoms with van der Waals surface area (Å²) in [6.07, 6.45) is 7.79. The summed E-state index contributed by atoms with van der Waals surface area (Å²) in [4.78, 5) is 6.93. The minimum absolute atomic E-state index is 0.974. The average Bonchev–Trinajstić information content (AvgIpc) is 2.73. The van der Waals surface area contributed by atoms with Gasteiger partial charge in [0.15, 0.2) is 5.96 Å². The summed E-state index contributed by atoms with van der Waals surface area (Å²) in [7, 11) is 0. The van der Waals surface area contributed by atoms with Crippen molar-refractivity contribution < 1.29 is 0 Å². The normalized spacial score (nSPS) is 15.4. The minimum Gasteiger partial charge on any atom is -0.356 e. The number of rotatable bonds is 8. The van der Waals surface area contributed by atoms with E-state index in [1.807, 2.05) is 0 Å². The van der Waals surface area contributed by atoms with E-state index < -0.39 is 0 Å². The molecule has 94 valence electrons. The quantitative estimate of drug-likeness (QED) is 0.643. The van der Waals surface area contributed by atoms with Gasteiger partial charge in [-0.05, 0) is 12.8 Å². The van der Waals surface area contributed by atoms with Gasteiger partial charge < -0.3 is 10.2 Å². The van der Waals surface area contributed by atoms with E-state index in [4.69, 9.17) is 0 Å². The molecule has 0 unspecified atom stereocenters. The molecule has 0 fully saturated rings. The van der Waals surface area contributed by atoms with Crippen LogP contribution in [0.1, 0.15) is 52.4 Å². The van der Waals surface area contributed by atoms with E-state index in [1.165, 1.54) is 45.1 Å². The highest BCUT2D eigenvalue weighted by Gasteiger charge is 2.14. The third kappa shape index (κ3) is 4.86. The van der Waals surface area contributed by atoms with Crippen LogP contribution >= 0.6 is 0 Å². The first kappa shape index (κ1) is 13.3. The molecule has 1 rings (SSSR count). The number of hydrogen-bond donors (Lipinski definition) is 1. The van der Waals surface area contributed by atoms with Gasteiger partial charge in [-0.1, -0.05) is 39.5 Å². The molecule has 1 aliphatic rings. The number of unbranched alkanes of at least 4 members (excludes halogenated alkanes) is 4. The smallest absolute Gasteiger partial charge is 0.194 e. The summed E-state index contributed by atoms with van der Waals surface area (Å²) < 4.78 is 0. The predicted molar refractivity (Wildman–Crippen MR) is 70.9 cm³/mol. The van der Waals surface area contributed by atoms with Crippen molar-refractivity contribution in [2.75, 3.05) is 26.2 Å². The lowest BCUT2D eigenvalue weighted by Crippen LogP contribution is -2.39.